The maximum absolute atomic E-state index is 13.7. The van der Waals surface area contributed by atoms with Gasteiger partial charge in [0.15, 0.2) is 6.29 Å². The minimum Gasteiger partial charge on any atom is -0.415 e. The van der Waals surface area contributed by atoms with Crippen molar-refractivity contribution in [3.63, 3.8) is 0 Å². The van der Waals surface area contributed by atoms with Gasteiger partial charge >= 0.3 is 5.97 Å². The molecule has 31 heavy (non-hydrogen) atoms. The molecule has 0 spiro atoms. The highest BCUT2D eigenvalue weighted by atomic mass is 16.9. The largest absolute Gasteiger partial charge is 0.415 e. The van der Waals surface area contributed by atoms with Gasteiger partial charge < -0.3 is 19.5 Å². The van der Waals surface area contributed by atoms with Crippen LogP contribution in [-0.4, -0.2) is 28.4 Å². The average Bonchev–Trinajstić information content (AvgIpc) is 3.01. The van der Waals surface area contributed by atoms with Crippen molar-refractivity contribution in [1.29, 1.82) is 0 Å². The molecule has 1 saturated carbocycles. The number of hydrogen-bond donors (Lipinski definition) is 1. The molecule has 0 atom stereocenters. The zero-order valence-electron chi connectivity index (χ0n) is 17.8. The molecule has 2 aromatic rings. The highest BCUT2D eigenvalue weighted by Gasteiger charge is 2.45. The second kappa shape index (κ2) is 7.85. The summed E-state index contributed by atoms with van der Waals surface area (Å²) < 4.78 is 18.6. The highest BCUT2D eigenvalue weighted by Crippen LogP contribution is 2.44. The molecule has 3 aliphatic heterocycles. The number of rotatable bonds is 5. The lowest BCUT2D eigenvalue weighted by Gasteiger charge is -2.38. The number of benzene rings is 1. The molecular formula is C23H27N3O5. The minimum absolute atomic E-state index is 0.109. The molecule has 164 valence electrons. The van der Waals surface area contributed by atoms with Crippen molar-refractivity contribution in [3.8, 4) is 5.75 Å². The SMILES string of the molecule is CCNC12CCC(CC1)Cn1c2nc(C2OC(C)O2)c(OC(=O)c2ccccc2)c1=O. The second-order valence-electron chi connectivity index (χ2n) is 8.55. The van der Waals surface area contributed by atoms with Gasteiger partial charge in [-0.1, -0.05) is 25.1 Å². The number of hydrogen-bond acceptors (Lipinski definition) is 7. The maximum Gasteiger partial charge on any atom is 0.343 e. The average molecular weight is 425 g/mol. The Morgan fingerprint density at radius 1 is 1.26 bits per heavy atom. The number of aromatic nitrogens is 2. The van der Waals surface area contributed by atoms with Crippen LogP contribution in [0.25, 0.3) is 0 Å². The Bertz CT molecular complexity index is 1040. The maximum atomic E-state index is 13.7. The molecule has 8 heteroatoms. The van der Waals surface area contributed by atoms with Gasteiger partial charge in [-0.3, -0.25) is 9.36 Å². The summed E-state index contributed by atoms with van der Waals surface area (Å²) in [6.07, 6.45) is 2.66. The van der Waals surface area contributed by atoms with Crippen molar-refractivity contribution in [2.75, 3.05) is 6.54 Å². The highest BCUT2D eigenvalue weighted by molar-refractivity contribution is 5.91. The number of carbonyl (C=O) groups excluding carboxylic acids is 1. The van der Waals surface area contributed by atoms with E-state index in [9.17, 15) is 9.59 Å². The lowest BCUT2D eigenvalue weighted by Crippen LogP contribution is -2.47. The fourth-order valence-electron chi connectivity index (χ4n) is 4.99. The van der Waals surface area contributed by atoms with Crippen LogP contribution < -0.4 is 15.6 Å². The first kappa shape index (κ1) is 20.4. The van der Waals surface area contributed by atoms with Crippen LogP contribution in [0.15, 0.2) is 35.1 Å². The molecule has 0 amide bonds. The quantitative estimate of drug-likeness (QED) is 0.737. The summed E-state index contributed by atoms with van der Waals surface area (Å²) in [4.78, 5) is 31.3. The van der Waals surface area contributed by atoms with Gasteiger partial charge in [-0.25, -0.2) is 9.78 Å². The smallest absolute Gasteiger partial charge is 0.343 e. The topological polar surface area (TPSA) is 91.7 Å². The molecule has 2 bridgehead atoms. The number of fused-ring (bicyclic) bond motifs is 2. The van der Waals surface area contributed by atoms with Crippen LogP contribution in [-0.2, 0) is 21.6 Å². The van der Waals surface area contributed by atoms with E-state index in [-0.39, 0.29) is 22.5 Å². The molecule has 8 nitrogen and oxygen atoms in total. The molecule has 6 rings (SSSR count). The molecule has 4 aliphatic rings. The Morgan fingerprint density at radius 3 is 2.61 bits per heavy atom. The van der Waals surface area contributed by atoms with E-state index < -0.39 is 18.5 Å². The number of esters is 1. The van der Waals surface area contributed by atoms with E-state index in [1.165, 1.54) is 0 Å². The third-order valence-electron chi connectivity index (χ3n) is 6.55. The van der Waals surface area contributed by atoms with E-state index in [0.29, 0.717) is 23.9 Å². The van der Waals surface area contributed by atoms with Crippen LogP contribution in [0.1, 0.15) is 67.7 Å². The van der Waals surface area contributed by atoms with Gasteiger partial charge in [-0.15, -0.1) is 0 Å². The lowest BCUT2D eigenvalue weighted by molar-refractivity contribution is -0.384. The van der Waals surface area contributed by atoms with Crippen molar-refractivity contribution in [3.05, 3.63) is 57.8 Å². The van der Waals surface area contributed by atoms with E-state index in [4.69, 9.17) is 19.2 Å². The Balaban J connectivity index is 1.63. The summed E-state index contributed by atoms with van der Waals surface area (Å²) in [5, 5.41) is 3.59. The minimum atomic E-state index is -0.827. The summed E-state index contributed by atoms with van der Waals surface area (Å²) >= 11 is 0. The number of carbonyl (C=O) groups is 1. The van der Waals surface area contributed by atoms with Crippen molar-refractivity contribution in [2.24, 2.45) is 5.92 Å². The van der Waals surface area contributed by atoms with Crippen LogP contribution in [0.5, 0.6) is 5.75 Å². The van der Waals surface area contributed by atoms with E-state index in [1.54, 1.807) is 35.8 Å². The van der Waals surface area contributed by atoms with Crippen molar-refractivity contribution in [2.45, 2.75) is 64.2 Å². The molecular weight excluding hydrogens is 398 g/mol. The second-order valence-corrected chi connectivity index (χ2v) is 8.55. The first-order valence-corrected chi connectivity index (χ1v) is 11.0. The molecule has 1 N–H and O–H groups in total. The van der Waals surface area contributed by atoms with E-state index >= 15 is 0 Å². The van der Waals surface area contributed by atoms with E-state index in [0.717, 1.165) is 32.2 Å². The zero-order valence-corrected chi connectivity index (χ0v) is 17.8. The summed E-state index contributed by atoms with van der Waals surface area (Å²) in [6, 6.07) is 8.60. The molecule has 1 saturated heterocycles. The molecule has 0 unspecified atom stereocenters. The predicted octanol–water partition coefficient (Wildman–Crippen LogP) is 2.86. The normalized spacial score (nSPS) is 29.0. The third kappa shape index (κ3) is 3.48. The van der Waals surface area contributed by atoms with Gasteiger partial charge in [-0.05, 0) is 57.2 Å². The number of nitrogens with zero attached hydrogens (tertiary/aromatic N) is 2. The fourth-order valence-corrected chi connectivity index (χ4v) is 4.99. The summed E-state index contributed by atoms with van der Waals surface area (Å²) in [5.74, 6) is 0.391. The lowest BCUT2D eigenvalue weighted by atomic mass is 9.77. The Kier molecular flexibility index (Phi) is 5.16. The predicted molar refractivity (Wildman–Crippen MR) is 112 cm³/mol. The molecule has 1 aromatic carbocycles. The van der Waals surface area contributed by atoms with Gasteiger partial charge in [0.05, 0.1) is 11.1 Å². The van der Waals surface area contributed by atoms with E-state index in [1.807, 2.05) is 6.07 Å². The van der Waals surface area contributed by atoms with Crippen molar-refractivity contribution in [1.82, 2.24) is 14.9 Å². The molecule has 1 aliphatic carbocycles. The molecule has 1 aromatic heterocycles. The van der Waals surface area contributed by atoms with Crippen LogP contribution in [0, 0.1) is 5.92 Å². The summed E-state index contributed by atoms with van der Waals surface area (Å²) in [7, 11) is 0. The molecule has 4 heterocycles. The van der Waals surface area contributed by atoms with Crippen LogP contribution in [0.3, 0.4) is 0 Å². The number of ether oxygens (including phenoxy) is 3. The third-order valence-corrected chi connectivity index (χ3v) is 6.55. The Labute approximate surface area is 180 Å². The first-order valence-electron chi connectivity index (χ1n) is 11.0. The van der Waals surface area contributed by atoms with Gasteiger partial charge in [0.2, 0.25) is 12.0 Å². The van der Waals surface area contributed by atoms with Crippen molar-refractivity contribution < 1.29 is 19.0 Å². The van der Waals surface area contributed by atoms with Crippen LogP contribution in [0.2, 0.25) is 0 Å². The van der Waals surface area contributed by atoms with E-state index in [2.05, 4.69) is 12.2 Å². The van der Waals surface area contributed by atoms with Crippen LogP contribution >= 0.6 is 0 Å². The van der Waals surface area contributed by atoms with Gasteiger partial charge in [0, 0.05) is 6.54 Å². The van der Waals surface area contributed by atoms with Crippen LogP contribution in [0.4, 0.5) is 0 Å². The summed E-state index contributed by atoms with van der Waals surface area (Å²) in [6.45, 7) is 5.18. The molecule has 2 fully saturated rings. The number of nitrogens with one attached hydrogen (secondary N) is 1. The van der Waals surface area contributed by atoms with Gasteiger partial charge in [0.1, 0.15) is 11.5 Å². The van der Waals surface area contributed by atoms with Gasteiger partial charge in [0.25, 0.3) is 5.56 Å². The molecule has 0 radical (unpaired) electrons. The standard InChI is InChI=1S/C23H27N3O5/c1-3-24-23-11-9-15(10-12-23)13-26-19(27)18(31-20(28)16-7-5-4-6-8-16)17(25-22(23)26)21-29-14(2)30-21/h4-8,14-15,21,24H,3,9-13H2,1-2H3. The summed E-state index contributed by atoms with van der Waals surface area (Å²) in [5.41, 5.74) is -0.123. The van der Waals surface area contributed by atoms with Crippen molar-refractivity contribution >= 4 is 5.97 Å². The monoisotopic (exact) mass is 425 g/mol. The Hall–Kier alpha value is -2.55. The fraction of sp³-hybridized carbons (Fsp3) is 0.522. The zero-order chi connectivity index (χ0) is 21.6. The Morgan fingerprint density at radius 2 is 1.97 bits per heavy atom. The first-order chi connectivity index (χ1) is 15.0. The van der Waals surface area contributed by atoms with Gasteiger partial charge in [-0.2, -0.15) is 0 Å².